The normalized spacial score (nSPS) is 11.8. The van der Waals surface area contributed by atoms with Gasteiger partial charge < -0.3 is 14.2 Å². The number of ether oxygens (including phenoxy) is 3. The second-order valence-electron chi connectivity index (χ2n) is 5.79. The van der Waals surface area contributed by atoms with E-state index in [9.17, 15) is 4.79 Å². The maximum atomic E-state index is 11.4. The Morgan fingerprint density at radius 1 is 1.08 bits per heavy atom. The van der Waals surface area contributed by atoms with Gasteiger partial charge in [0, 0.05) is 16.8 Å². The average Bonchev–Trinajstić information content (AvgIpc) is 2.65. The second-order valence-corrected chi connectivity index (χ2v) is 5.79. The fourth-order valence-corrected chi connectivity index (χ4v) is 2.45. The molecule has 0 heterocycles. The molecule has 0 aromatic heterocycles. The van der Waals surface area contributed by atoms with E-state index in [0.717, 1.165) is 35.1 Å². The summed E-state index contributed by atoms with van der Waals surface area (Å²) >= 11 is 0. The molecule has 0 fully saturated rings. The van der Waals surface area contributed by atoms with Gasteiger partial charge in [-0.1, -0.05) is 51.1 Å². The van der Waals surface area contributed by atoms with Crippen molar-refractivity contribution in [1.29, 1.82) is 0 Å². The molecule has 25 heavy (non-hydrogen) atoms. The minimum atomic E-state index is -0.431. The summed E-state index contributed by atoms with van der Waals surface area (Å²) in [5, 5.41) is 2.01. The minimum Gasteiger partial charge on any atom is -0.493 e. The highest BCUT2D eigenvalue weighted by Gasteiger charge is 2.13. The molecule has 0 bridgehead atoms. The van der Waals surface area contributed by atoms with E-state index in [4.69, 9.17) is 14.2 Å². The van der Waals surface area contributed by atoms with Gasteiger partial charge in [0.1, 0.15) is 24.2 Å². The van der Waals surface area contributed by atoms with Crippen LogP contribution in [0.5, 0.6) is 11.5 Å². The minimum absolute atomic E-state index is 0.301. The van der Waals surface area contributed by atoms with Crippen LogP contribution in [0.4, 0.5) is 0 Å². The van der Waals surface area contributed by atoms with Gasteiger partial charge in [0.25, 0.3) is 0 Å². The molecule has 4 nitrogen and oxygen atoms in total. The van der Waals surface area contributed by atoms with E-state index in [0.29, 0.717) is 19.6 Å². The maximum absolute atomic E-state index is 11.4. The van der Waals surface area contributed by atoms with Crippen LogP contribution in [0.3, 0.4) is 0 Å². The van der Waals surface area contributed by atoms with Crippen LogP contribution in [-0.2, 0) is 9.53 Å². The van der Waals surface area contributed by atoms with Crippen LogP contribution in [-0.4, -0.2) is 25.3 Å². The molecule has 0 radical (unpaired) electrons. The van der Waals surface area contributed by atoms with Crippen LogP contribution in [0.1, 0.15) is 33.1 Å². The van der Waals surface area contributed by atoms with Crippen molar-refractivity contribution in [3.05, 3.63) is 49.1 Å². The summed E-state index contributed by atoms with van der Waals surface area (Å²) in [5.41, 5.74) is 0. The summed E-state index contributed by atoms with van der Waals surface area (Å²) in [6.07, 6.45) is 3.67. The molecule has 0 aliphatic heterocycles. The van der Waals surface area contributed by atoms with Crippen molar-refractivity contribution in [2.24, 2.45) is 0 Å². The molecule has 0 saturated carbocycles. The fraction of sp³-hybridized carbons (Fsp3) is 0.381. The Morgan fingerprint density at radius 2 is 1.72 bits per heavy atom. The predicted octanol–water partition coefficient (Wildman–Crippen LogP) is 4.91. The second kappa shape index (κ2) is 9.72. The number of benzene rings is 2. The van der Waals surface area contributed by atoms with E-state index in [1.165, 1.54) is 6.08 Å². The van der Waals surface area contributed by atoms with Crippen LogP contribution in [0.2, 0.25) is 0 Å². The molecule has 0 aliphatic carbocycles. The number of hydrogen-bond donors (Lipinski definition) is 0. The van der Waals surface area contributed by atoms with Crippen molar-refractivity contribution >= 4 is 16.7 Å². The zero-order valence-corrected chi connectivity index (χ0v) is 15.0. The summed E-state index contributed by atoms with van der Waals surface area (Å²) in [4.78, 5) is 11.4. The van der Waals surface area contributed by atoms with Gasteiger partial charge in [-0.3, -0.25) is 0 Å². The van der Waals surface area contributed by atoms with Crippen LogP contribution in [0.15, 0.2) is 49.1 Å². The third-order valence-electron chi connectivity index (χ3n) is 3.93. The summed E-state index contributed by atoms with van der Waals surface area (Å²) < 4.78 is 17.1. The molecule has 0 aliphatic rings. The Labute approximate surface area is 149 Å². The van der Waals surface area contributed by atoms with E-state index < -0.39 is 5.97 Å². The first kappa shape index (κ1) is 18.8. The Morgan fingerprint density at radius 3 is 2.28 bits per heavy atom. The third-order valence-corrected chi connectivity index (χ3v) is 3.93. The highest BCUT2D eigenvalue weighted by Crippen LogP contribution is 2.33. The van der Waals surface area contributed by atoms with Crippen LogP contribution < -0.4 is 9.47 Å². The monoisotopic (exact) mass is 342 g/mol. The average molecular weight is 342 g/mol. The molecule has 1 atom stereocenters. The highest BCUT2D eigenvalue weighted by atomic mass is 16.6. The SMILES string of the molecule is C=CC(=O)OC(CC)COc1ccc(OCCCC)c2ccccc12. The molecule has 0 amide bonds. The van der Waals surface area contributed by atoms with Gasteiger partial charge in [0.2, 0.25) is 0 Å². The van der Waals surface area contributed by atoms with E-state index in [2.05, 4.69) is 13.5 Å². The van der Waals surface area contributed by atoms with Crippen molar-refractivity contribution in [3.63, 3.8) is 0 Å². The summed E-state index contributed by atoms with van der Waals surface area (Å²) in [5.74, 6) is 1.19. The largest absolute Gasteiger partial charge is 0.493 e. The first-order valence-corrected chi connectivity index (χ1v) is 8.80. The molecule has 0 spiro atoms. The van der Waals surface area contributed by atoms with Gasteiger partial charge in [-0.05, 0) is 25.0 Å². The third kappa shape index (κ3) is 5.24. The lowest BCUT2D eigenvalue weighted by atomic mass is 10.1. The van der Waals surface area contributed by atoms with Crippen LogP contribution >= 0.6 is 0 Å². The van der Waals surface area contributed by atoms with Crippen molar-refractivity contribution in [2.45, 2.75) is 39.2 Å². The van der Waals surface area contributed by atoms with Gasteiger partial charge in [-0.25, -0.2) is 4.79 Å². The summed E-state index contributed by atoms with van der Waals surface area (Å²) in [7, 11) is 0. The number of carbonyl (C=O) groups excluding carboxylic acids is 1. The topological polar surface area (TPSA) is 44.8 Å². The van der Waals surface area contributed by atoms with Crippen LogP contribution in [0, 0.1) is 0 Å². The lowest BCUT2D eigenvalue weighted by Crippen LogP contribution is -2.23. The number of carbonyl (C=O) groups is 1. The van der Waals surface area contributed by atoms with Crippen molar-refractivity contribution in [3.8, 4) is 11.5 Å². The van der Waals surface area contributed by atoms with Gasteiger partial charge in [0.15, 0.2) is 0 Å². The van der Waals surface area contributed by atoms with E-state index >= 15 is 0 Å². The quantitative estimate of drug-likeness (QED) is 0.350. The number of rotatable bonds is 10. The molecule has 2 aromatic carbocycles. The van der Waals surface area contributed by atoms with Gasteiger partial charge in [-0.2, -0.15) is 0 Å². The van der Waals surface area contributed by atoms with E-state index in [-0.39, 0.29) is 6.10 Å². The first-order chi connectivity index (χ1) is 12.2. The number of fused-ring (bicyclic) bond motifs is 1. The zero-order valence-electron chi connectivity index (χ0n) is 15.0. The Balaban J connectivity index is 2.14. The molecule has 2 aromatic rings. The molecule has 0 saturated heterocycles. The molecule has 4 heteroatoms. The predicted molar refractivity (Wildman–Crippen MR) is 100 cm³/mol. The molecule has 134 valence electrons. The molecular formula is C21H26O4. The fourth-order valence-electron chi connectivity index (χ4n) is 2.45. The maximum Gasteiger partial charge on any atom is 0.330 e. The first-order valence-electron chi connectivity index (χ1n) is 8.80. The molecule has 1 unspecified atom stereocenters. The standard InChI is InChI=1S/C21H26O4/c1-4-7-14-23-19-12-13-20(18-11-9-8-10-17(18)19)24-15-16(5-2)25-21(22)6-3/h6,8-13,16H,3-5,7,14-15H2,1-2H3. The smallest absolute Gasteiger partial charge is 0.330 e. The van der Waals surface area contributed by atoms with E-state index in [1.807, 2.05) is 43.3 Å². The van der Waals surface area contributed by atoms with Crippen molar-refractivity contribution in [1.82, 2.24) is 0 Å². The Bertz CT molecular complexity index is 708. The van der Waals surface area contributed by atoms with E-state index in [1.54, 1.807) is 0 Å². The van der Waals surface area contributed by atoms with Crippen molar-refractivity contribution in [2.75, 3.05) is 13.2 Å². The summed E-state index contributed by atoms with van der Waals surface area (Å²) in [6, 6.07) is 11.8. The van der Waals surface area contributed by atoms with Gasteiger partial charge in [-0.15, -0.1) is 0 Å². The molecule has 2 rings (SSSR count). The number of hydrogen-bond acceptors (Lipinski definition) is 4. The lowest BCUT2D eigenvalue weighted by molar-refractivity contribution is -0.144. The van der Waals surface area contributed by atoms with Crippen molar-refractivity contribution < 1.29 is 19.0 Å². The van der Waals surface area contributed by atoms with Gasteiger partial charge >= 0.3 is 5.97 Å². The zero-order chi connectivity index (χ0) is 18.1. The molecular weight excluding hydrogens is 316 g/mol. The number of esters is 1. The van der Waals surface area contributed by atoms with Gasteiger partial charge in [0.05, 0.1) is 6.61 Å². The highest BCUT2D eigenvalue weighted by molar-refractivity contribution is 5.93. The Hall–Kier alpha value is -2.49. The molecule has 0 N–H and O–H groups in total. The summed E-state index contributed by atoms with van der Waals surface area (Å²) in [6.45, 7) is 8.52. The Kier molecular flexibility index (Phi) is 7.33. The lowest BCUT2D eigenvalue weighted by Gasteiger charge is -2.18. The number of unbranched alkanes of at least 4 members (excludes halogenated alkanes) is 1. The van der Waals surface area contributed by atoms with Crippen LogP contribution in [0.25, 0.3) is 10.8 Å².